The lowest BCUT2D eigenvalue weighted by Gasteiger charge is -2.11. The normalized spacial score (nSPS) is 22.2. The fourth-order valence-corrected chi connectivity index (χ4v) is 2.22. The Labute approximate surface area is 90.8 Å². The highest BCUT2D eigenvalue weighted by Gasteiger charge is 2.19. The Bertz CT molecular complexity index is 310. The monoisotopic (exact) mass is 260 g/mol. The van der Waals surface area contributed by atoms with Crippen LogP contribution in [0.4, 0.5) is 0 Å². The topological polar surface area (TPSA) is 24.9 Å². The van der Waals surface area contributed by atoms with Crippen molar-refractivity contribution in [1.82, 2.24) is 10.3 Å². The predicted octanol–water partition coefficient (Wildman–Crippen LogP) is 2.92. The summed E-state index contributed by atoms with van der Waals surface area (Å²) in [5, 5.41) is 4.01. The van der Waals surface area contributed by atoms with Gasteiger partial charge in [-0.3, -0.25) is 0 Å². The zero-order valence-electron chi connectivity index (χ0n) is 7.06. The molecule has 1 aliphatic heterocycles. The molecule has 0 spiro atoms. The Morgan fingerprint density at radius 3 is 3.15 bits per heavy atom. The Morgan fingerprint density at radius 1 is 1.62 bits per heavy atom. The van der Waals surface area contributed by atoms with Crippen LogP contribution in [0.3, 0.4) is 0 Å². The Balaban J connectivity index is 2.32. The number of aromatic nitrogens is 1. The molecule has 1 atom stereocenters. The van der Waals surface area contributed by atoms with Crippen LogP contribution >= 0.6 is 27.5 Å². The van der Waals surface area contributed by atoms with Gasteiger partial charge < -0.3 is 5.32 Å². The van der Waals surface area contributed by atoms with Crippen LogP contribution in [-0.4, -0.2) is 11.5 Å². The lowest BCUT2D eigenvalue weighted by Crippen LogP contribution is -2.13. The molecule has 0 aliphatic carbocycles. The quantitative estimate of drug-likeness (QED) is 0.786. The number of rotatable bonds is 1. The number of hydrogen-bond acceptors (Lipinski definition) is 2. The van der Waals surface area contributed by atoms with Crippen molar-refractivity contribution < 1.29 is 0 Å². The molecule has 0 aromatic carbocycles. The average Bonchev–Trinajstić information content (AvgIpc) is 2.61. The second-order valence-electron chi connectivity index (χ2n) is 3.18. The first kappa shape index (κ1) is 9.44. The molecule has 1 fully saturated rings. The first-order valence-corrected chi connectivity index (χ1v) is 5.49. The van der Waals surface area contributed by atoms with E-state index in [1.807, 2.05) is 6.07 Å². The molecule has 1 aliphatic rings. The molecule has 0 saturated carbocycles. The van der Waals surface area contributed by atoms with Gasteiger partial charge in [-0.25, -0.2) is 4.98 Å². The van der Waals surface area contributed by atoms with Crippen molar-refractivity contribution in [2.24, 2.45) is 0 Å². The predicted molar refractivity (Wildman–Crippen MR) is 56.9 cm³/mol. The van der Waals surface area contributed by atoms with Crippen molar-refractivity contribution in [3.8, 4) is 0 Å². The third-order valence-electron chi connectivity index (χ3n) is 2.27. The molecule has 1 unspecified atom stereocenters. The van der Waals surface area contributed by atoms with Gasteiger partial charge in [0.15, 0.2) is 0 Å². The first-order valence-electron chi connectivity index (χ1n) is 4.31. The van der Waals surface area contributed by atoms with Gasteiger partial charge >= 0.3 is 0 Å². The third kappa shape index (κ3) is 2.03. The lowest BCUT2D eigenvalue weighted by molar-refractivity contribution is 0.645. The molecule has 1 saturated heterocycles. The summed E-state index contributed by atoms with van der Waals surface area (Å²) in [7, 11) is 0. The summed E-state index contributed by atoms with van der Waals surface area (Å²) in [6.07, 6.45) is 4.09. The highest BCUT2D eigenvalue weighted by Crippen LogP contribution is 2.29. The number of pyridine rings is 1. The summed E-state index contributed by atoms with van der Waals surface area (Å²) in [6.45, 7) is 1.08. The highest BCUT2D eigenvalue weighted by molar-refractivity contribution is 9.10. The standard InChI is InChI=1S/C9H10BrClN2/c10-6-4-7(9(11)13-5-6)8-2-1-3-12-8/h4-5,8,12H,1-3H2. The molecule has 1 aromatic rings. The smallest absolute Gasteiger partial charge is 0.133 e. The summed E-state index contributed by atoms with van der Waals surface area (Å²) in [5.41, 5.74) is 1.11. The van der Waals surface area contributed by atoms with Crippen LogP contribution < -0.4 is 5.32 Å². The van der Waals surface area contributed by atoms with E-state index in [4.69, 9.17) is 11.6 Å². The molecule has 70 valence electrons. The molecule has 2 heterocycles. The highest BCUT2D eigenvalue weighted by atomic mass is 79.9. The Morgan fingerprint density at radius 2 is 2.46 bits per heavy atom. The Hall–Kier alpha value is -0.120. The zero-order valence-corrected chi connectivity index (χ0v) is 9.40. The van der Waals surface area contributed by atoms with E-state index in [0.717, 1.165) is 23.0 Å². The van der Waals surface area contributed by atoms with Crippen molar-refractivity contribution in [2.45, 2.75) is 18.9 Å². The second kappa shape index (κ2) is 3.95. The van der Waals surface area contributed by atoms with E-state index in [0.29, 0.717) is 11.2 Å². The van der Waals surface area contributed by atoms with Crippen molar-refractivity contribution in [3.05, 3.63) is 27.5 Å². The van der Waals surface area contributed by atoms with Gasteiger partial charge in [0.05, 0.1) is 0 Å². The van der Waals surface area contributed by atoms with Crippen molar-refractivity contribution in [1.29, 1.82) is 0 Å². The molecular weight excluding hydrogens is 251 g/mol. The van der Waals surface area contributed by atoms with Crippen LogP contribution in [0.5, 0.6) is 0 Å². The van der Waals surface area contributed by atoms with Crippen LogP contribution in [0, 0.1) is 0 Å². The summed E-state index contributed by atoms with van der Waals surface area (Å²) in [5.74, 6) is 0. The molecule has 0 amide bonds. The van der Waals surface area contributed by atoms with Gasteiger partial charge in [0, 0.05) is 22.3 Å². The van der Waals surface area contributed by atoms with E-state index >= 15 is 0 Å². The average molecular weight is 262 g/mol. The summed E-state index contributed by atoms with van der Waals surface area (Å²) in [4.78, 5) is 4.10. The minimum atomic E-state index is 0.387. The van der Waals surface area contributed by atoms with Crippen LogP contribution in [-0.2, 0) is 0 Å². The van der Waals surface area contributed by atoms with Gasteiger partial charge in [-0.15, -0.1) is 0 Å². The van der Waals surface area contributed by atoms with Gasteiger partial charge in [-0.05, 0) is 41.4 Å². The SMILES string of the molecule is Clc1ncc(Br)cc1C1CCCN1. The van der Waals surface area contributed by atoms with Gasteiger partial charge in [0.1, 0.15) is 5.15 Å². The minimum Gasteiger partial charge on any atom is -0.310 e. The molecule has 1 aromatic heterocycles. The largest absolute Gasteiger partial charge is 0.310 e. The van der Waals surface area contributed by atoms with E-state index in [2.05, 4.69) is 26.2 Å². The van der Waals surface area contributed by atoms with E-state index < -0.39 is 0 Å². The fraction of sp³-hybridized carbons (Fsp3) is 0.444. The molecule has 1 N–H and O–H groups in total. The molecule has 0 bridgehead atoms. The molecule has 0 radical (unpaired) electrons. The fourth-order valence-electron chi connectivity index (χ4n) is 1.63. The van der Waals surface area contributed by atoms with Crippen LogP contribution in [0.2, 0.25) is 5.15 Å². The molecular formula is C9H10BrClN2. The summed E-state index contributed by atoms with van der Waals surface area (Å²) in [6, 6.07) is 2.43. The number of nitrogens with zero attached hydrogens (tertiary/aromatic N) is 1. The first-order chi connectivity index (χ1) is 6.27. The maximum absolute atomic E-state index is 6.00. The van der Waals surface area contributed by atoms with Gasteiger partial charge in [0.25, 0.3) is 0 Å². The van der Waals surface area contributed by atoms with Crippen LogP contribution in [0.15, 0.2) is 16.7 Å². The van der Waals surface area contributed by atoms with Crippen molar-refractivity contribution in [2.75, 3.05) is 6.54 Å². The number of halogens is 2. The second-order valence-corrected chi connectivity index (χ2v) is 4.46. The lowest BCUT2D eigenvalue weighted by atomic mass is 10.1. The molecule has 2 nitrogen and oxygen atoms in total. The zero-order chi connectivity index (χ0) is 9.26. The summed E-state index contributed by atoms with van der Waals surface area (Å²) >= 11 is 9.40. The van der Waals surface area contributed by atoms with Gasteiger partial charge in [-0.1, -0.05) is 11.6 Å². The number of hydrogen-bond donors (Lipinski definition) is 1. The van der Waals surface area contributed by atoms with Gasteiger partial charge in [-0.2, -0.15) is 0 Å². The van der Waals surface area contributed by atoms with Crippen molar-refractivity contribution in [3.63, 3.8) is 0 Å². The third-order valence-corrected chi connectivity index (χ3v) is 3.02. The van der Waals surface area contributed by atoms with Gasteiger partial charge in [0.2, 0.25) is 0 Å². The van der Waals surface area contributed by atoms with E-state index in [-0.39, 0.29) is 0 Å². The molecule has 13 heavy (non-hydrogen) atoms. The van der Waals surface area contributed by atoms with E-state index in [1.165, 1.54) is 6.42 Å². The minimum absolute atomic E-state index is 0.387. The Kier molecular flexibility index (Phi) is 2.86. The van der Waals surface area contributed by atoms with Crippen molar-refractivity contribution >= 4 is 27.5 Å². The number of nitrogens with one attached hydrogen (secondary N) is 1. The maximum Gasteiger partial charge on any atom is 0.133 e. The van der Waals surface area contributed by atoms with E-state index in [1.54, 1.807) is 6.20 Å². The van der Waals surface area contributed by atoms with Crippen LogP contribution in [0.25, 0.3) is 0 Å². The summed E-state index contributed by atoms with van der Waals surface area (Å²) < 4.78 is 0.987. The van der Waals surface area contributed by atoms with E-state index in [9.17, 15) is 0 Å². The molecule has 2 rings (SSSR count). The maximum atomic E-state index is 6.00. The van der Waals surface area contributed by atoms with Crippen LogP contribution in [0.1, 0.15) is 24.4 Å². The molecule has 4 heteroatoms.